The summed E-state index contributed by atoms with van der Waals surface area (Å²) in [5.74, 6) is 1.45. The van der Waals surface area contributed by atoms with E-state index in [1.165, 1.54) is 0 Å². The van der Waals surface area contributed by atoms with Crippen LogP contribution in [0.4, 0.5) is 0 Å². The second-order valence-corrected chi connectivity index (χ2v) is 7.87. The van der Waals surface area contributed by atoms with E-state index in [4.69, 9.17) is 16.3 Å². The van der Waals surface area contributed by atoms with E-state index >= 15 is 0 Å². The molecule has 2 aromatic carbocycles. The number of nitrogens with zero attached hydrogens (tertiary/aromatic N) is 3. The lowest BCUT2D eigenvalue weighted by atomic mass is 10.1. The van der Waals surface area contributed by atoms with Crippen LogP contribution in [0, 0.1) is 0 Å². The third-order valence-electron chi connectivity index (χ3n) is 5.74. The van der Waals surface area contributed by atoms with E-state index in [0.717, 1.165) is 35.5 Å². The van der Waals surface area contributed by atoms with Crippen molar-refractivity contribution >= 4 is 11.6 Å². The highest BCUT2D eigenvalue weighted by atomic mass is 35.5. The molecule has 0 fully saturated rings. The normalized spacial score (nSPS) is 15.0. The highest BCUT2D eigenvalue weighted by molar-refractivity contribution is 6.29. The van der Waals surface area contributed by atoms with Gasteiger partial charge in [0.05, 0.1) is 13.5 Å². The summed E-state index contributed by atoms with van der Waals surface area (Å²) in [6.07, 6.45) is 3.30. The molecule has 5 nitrogen and oxygen atoms in total. The lowest BCUT2D eigenvalue weighted by molar-refractivity contribution is -0.615. The molecule has 2 aromatic heterocycles. The van der Waals surface area contributed by atoms with Crippen LogP contribution in [-0.4, -0.2) is 16.7 Å². The van der Waals surface area contributed by atoms with Crippen molar-refractivity contribution in [2.75, 3.05) is 7.11 Å². The summed E-state index contributed by atoms with van der Waals surface area (Å²) >= 11 is 6.00. The Morgan fingerprint density at radius 1 is 1.03 bits per heavy atom. The predicted molar refractivity (Wildman–Crippen MR) is 120 cm³/mol. The predicted octanol–water partition coefficient (Wildman–Crippen LogP) is 4.38. The molecule has 0 saturated heterocycles. The van der Waals surface area contributed by atoms with Gasteiger partial charge in [0.25, 0.3) is 5.82 Å². The van der Waals surface area contributed by atoms with Crippen LogP contribution in [0.25, 0.3) is 16.8 Å². The van der Waals surface area contributed by atoms with Crippen LogP contribution in [0.15, 0.2) is 83.8 Å². The van der Waals surface area contributed by atoms with Gasteiger partial charge in [0.1, 0.15) is 16.9 Å². The third-order valence-corrected chi connectivity index (χ3v) is 5.97. The number of methoxy groups -OCH3 is 1. The number of rotatable bonds is 4. The summed E-state index contributed by atoms with van der Waals surface area (Å²) in [6.45, 7) is 0. The van der Waals surface area contributed by atoms with E-state index in [1.54, 1.807) is 19.4 Å². The number of ether oxygens (including phenoxy) is 1. The molecule has 0 N–H and O–H groups in total. The van der Waals surface area contributed by atoms with E-state index in [2.05, 4.69) is 9.55 Å². The summed E-state index contributed by atoms with van der Waals surface area (Å²) in [6, 6.07) is 23.3. The second-order valence-electron chi connectivity index (χ2n) is 7.48. The van der Waals surface area contributed by atoms with Gasteiger partial charge in [-0.2, -0.15) is 9.13 Å². The van der Waals surface area contributed by atoms with E-state index < -0.39 is 0 Å². The van der Waals surface area contributed by atoms with E-state index in [0.29, 0.717) is 16.6 Å². The molecule has 6 heteroatoms. The van der Waals surface area contributed by atoms with Crippen molar-refractivity contribution in [1.82, 2.24) is 9.55 Å². The van der Waals surface area contributed by atoms with Gasteiger partial charge >= 0.3 is 11.4 Å². The fraction of sp³-hybridized carbons (Fsp3) is 0.160. The number of pyridine rings is 1. The molecule has 1 aliphatic heterocycles. The van der Waals surface area contributed by atoms with Crippen molar-refractivity contribution in [3.8, 4) is 22.7 Å². The standard InChI is InChI=1S/C25H21ClN3O2/c1-31-25-23(17-8-4-2-5-9-17)24(30)29-20(18-12-14-21(26)27-16-18)13-15-22(29)28(25)19-10-6-3-7-11-19/h2-12,14,16,20H,13,15H2,1H3/q+1. The number of para-hydroxylation sites is 1. The van der Waals surface area contributed by atoms with Gasteiger partial charge in [-0.25, -0.2) is 9.78 Å². The van der Waals surface area contributed by atoms with Gasteiger partial charge in [0, 0.05) is 18.2 Å². The Kier molecular flexibility index (Phi) is 5.04. The lowest BCUT2D eigenvalue weighted by Gasteiger charge is -2.16. The second kappa shape index (κ2) is 8.00. The zero-order valence-corrected chi connectivity index (χ0v) is 17.8. The zero-order valence-electron chi connectivity index (χ0n) is 17.0. The molecule has 0 aliphatic carbocycles. The minimum absolute atomic E-state index is 0.0670. The summed E-state index contributed by atoms with van der Waals surface area (Å²) in [5.41, 5.74) is 3.22. The fourth-order valence-electron chi connectivity index (χ4n) is 4.40. The van der Waals surface area contributed by atoms with Gasteiger partial charge in [-0.1, -0.05) is 66.2 Å². The SMILES string of the molecule is COc1c(-c2ccccc2)c(=O)n2c([n+]1-c1ccccc1)CCC2c1ccc(Cl)nc1. The maximum absolute atomic E-state index is 13.9. The maximum atomic E-state index is 13.9. The maximum Gasteiger partial charge on any atom is 0.349 e. The minimum atomic E-state index is -0.115. The summed E-state index contributed by atoms with van der Waals surface area (Å²) in [7, 11) is 1.62. The highest BCUT2D eigenvalue weighted by Crippen LogP contribution is 2.33. The van der Waals surface area contributed by atoms with Crippen LogP contribution in [0.3, 0.4) is 0 Å². The molecule has 31 heavy (non-hydrogen) atoms. The van der Waals surface area contributed by atoms with E-state index in [9.17, 15) is 4.79 Å². The third kappa shape index (κ3) is 3.31. The molecule has 0 saturated carbocycles. The quantitative estimate of drug-likeness (QED) is 0.356. The van der Waals surface area contributed by atoms with Crippen LogP contribution >= 0.6 is 11.6 Å². The molecular weight excluding hydrogens is 410 g/mol. The fourth-order valence-corrected chi connectivity index (χ4v) is 4.51. The van der Waals surface area contributed by atoms with Crippen LogP contribution < -0.4 is 14.9 Å². The number of benzene rings is 2. The largest absolute Gasteiger partial charge is 0.465 e. The number of hydrogen-bond donors (Lipinski definition) is 0. The smallest absolute Gasteiger partial charge is 0.349 e. The molecule has 1 atom stereocenters. The number of aromatic nitrogens is 3. The first kappa shape index (κ1) is 19.5. The van der Waals surface area contributed by atoms with Crippen molar-refractivity contribution in [3.05, 3.63) is 106 Å². The van der Waals surface area contributed by atoms with Gasteiger partial charge in [-0.15, -0.1) is 0 Å². The first-order chi connectivity index (χ1) is 15.2. The molecule has 0 spiro atoms. The van der Waals surface area contributed by atoms with Crippen molar-refractivity contribution in [3.63, 3.8) is 0 Å². The van der Waals surface area contributed by atoms with E-state index in [-0.39, 0.29) is 11.6 Å². The lowest BCUT2D eigenvalue weighted by Crippen LogP contribution is -2.45. The van der Waals surface area contributed by atoms with Crippen molar-refractivity contribution < 1.29 is 9.30 Å². The van der Waals surface area contributed by atoms with Crippen LogP contribution in [0.1, 0.15) is 23.9 Å². The number of hydrogen-bond acceptors (Lipinski definition) is 3. The van der Waals surface area contributed by atoms with Gasteiger partial charge in [0.15, 0.2) is 5.56 Å². The monoisotopic (exact) mass is 430 g/mol. The molecule has 4 aromatic rings. The Hall–Kier alpha value is -3.44. The molecule has 0 radical (unpaired) electrons. The Morgan fingerprint density at radius 3 is 2.39 bits per heavy atom. The molecule has 1 aliphatic rings. The van der Waals surface area contributed by atoms with E-state index in [1.807, 2.05) is 71.3 Å². The Labute approximate surface area is 185 Å². The summed E-state index contributed by atoms with van der Waals surface area (Å²) in [5, 5.41) is 0.438. The van der Waals surface area contributed by atoms with Crippen molar-refractivity contribution in [2.45, 2.75) is 18.9 Å². The van der Waals surface area contributed by atoms with Crippen molar-refractivity contribution in [1.29, 1.82) is 0 Å². The Balaban J connectivity index is 1.85. The average Bonchev–Trinajstić information content (AvgIpc) is 3.26. The van der Waals surface area contributed by atoms with Crippen LogP contribution in [0.5, 0.6) is 5.88 Å². The van der Waals surface area contributed by atoms with Gasteiger partial charge < -0.3 is 4.74 Å². The first-order valence-electron chi connectivity index (χ1n) is 10.2. The van der Waals surface area contributed by atoms with Gasteiger partial charge in [0.2, 0.25) is 0 Å². The molecule has 0 bridgehead atoms. The number of fused-ring (bicyclic) bond motifs is 1. The van der Waals surface area contributed by atoms with Gasteiger partial charge in [-0.05, 0) is 23.8 Å². The van der Waals surface area contributed by atoms with Gasteiger partial charge in [-0.3, -0.25) is 0 Å². The molecule has 3 heterocycles. The average molecular weight is 431 g/mol. The molecule has 1 unspecified atom stereocenters. The topological polar surface area (TPSA) is 48.0 Å². The minimum Gasteiger partial charge on any atom is -0.465 e. The molecular formula is C25H21ClN3O2+. The highest BCUT2D eigenvalue weighted by Gasteiger charge is 2.40. The molecule has 5 rings (SSSR count). The Bertz CT molecular complexity index is 1290. The van der Waals surface area contributed by atoms with Crippen molar-refractivity contribution in [2.24, 2.45) is 0 Å². The first-order valence-corrected chi connectivity index (χ1v) is 10.6. The Morgan fingerprint density at radius 2 is 1.74 bits per heavy atom. The summed E-state index contributed by atoms with van der Waals surface area (Å²) < 4.78 is 9.82. The molecule has 154 valence electrons. The molecule has 0 amide bonds. The zero-order chi connectivity index (χ0) is 21.4. The summed E-state index contributed by atoms with van der Waals surface area (Å²) in [4.78, 5) is 18.1. The van der Waals surface area contributed by atoms with Crippen LogP contribution in [-0.2, 0) is 6.42 Å². The van der Waals surface area contributed by atoms with Crippen LogP contribution in [0.2, 0.25) is 5.15 Å². The number of halogens is 1.